The van der Waals surface area contributed by atoms with Crippen molar-refractivity contribution in [2.24, 2.45) is 0 Å². The molecule has 1 aliphatic carbocycles. The number of anilines is 6. The summed E-state index contributed by atoms with van der Waals surface area (Å²) in [7, 11) is 0. The molecule has 2 nitrogen and oxygen atoms in total. The van der Waals surface area contributed by atoms with E-state index in [2.05, 4.69) is 355 Å². The lowest BCUT2D eigenvalue weighted by atomic mass is 9.33. The first-order valence-electron chi connectivity index (χ1n) is 38.1. The molecule has 0 amide bonds. The molecule has 0 saturated heterocycles. The van der Waals surface area contributed by atoms with Crippen LogP contribution in [0.2, 0.25) is 0 Å². The van der Waals surface area contributed by atoms with Crippen molar-refractivity contribution in [1.29, 1.82) is 0 Å². The standard InChI is InChI=1S/C97H89BN2/c1-93(2,3)71-51-69(52-72(57-71)94(4,5)6)68-47-49-83-86(54-68)100(92-79(65-39-26-18-27-40-65)60-74(96(10,11)12)61-80(92)66-41-28-19-29-42-66)88-56-70(75-44-32-46-82-89(75)76-43-30-31-45-81(76)97(82,13)14)55-87-90(88)98(83)84-53-67(62-33-20-15-21-34-62)48-50-85(84)99(87)91-77(63-35-22-16-23-36-63)58-73(95(7,8)9)59-78(91)64-37-24-17-25-38-64/h15-61H,1-14H3/i15D,20D,21D,33D,34D. The summed E-state index contributed by atoms with van der Waals surface area (Å²) >= 11 is 0. The van der Waals surface area contributed by atoms with Gasteiger partial charge in [-0.15, -0.1) is 0 Å². The Bertz CT molecular complexity index is 5490. The zero-order valence-corrected chi connectivity index (χ0v) is 60.2. The van der Waals surface area contributed by atoms with Crippen LogP contribution in [-0.2, 0) is 27.1 Å². The van der Waals surface area contributed by atoms with Crippen LogP contribution in [0.25, 0.3) is 89.0 Å². The van der Waals surface area contributed by atoms with Crippen LogP contribution in [0.15, 0.2) is 285 Å². The van der Waals surface area contributed by atoms with Crippen LogP contribution in [0.4, 0.5) is 34.1 Å². The molecule has 2 heterocycles. The second kappa shape index (κ2) is 23.9. The summed E-state index contributed by atoms with van der Waals surface area (Å²) < 4.78 is 46.6. The first-order chi connectivity index (χ1) is 50.0. The summed E-state index contributed by atoms with van der Waals surface area (Å²) in [6.07, 6.45) is 0. The second-order valence-corrected chi connectivity index (χ2v) is 32.6. The van der Waals surface area contributed by atoms with Gasteiger partial charge in [0.25, 0.3) is 6.71 Å². The van der Waals surface area contributed by atoms with E-state index in [-0.39, 0.29) is 56.8 Å². The largest absolute Gasteiger partial charge is 0.310 e. The summed E-state index contributed by atoms with van der Waals surface area (Å²) in [4.78, 5) is 5.20. The highest BCUT2D eigenvalue weighted by atomic mass is 15.2. The van der Waals surface area contributed by atoms with Gasteiger partial charge in [0.15, 0.2) is 0 Å². The van der Waals surface area contributed by atoms with Gasteiger partial charge in [0.05, 0.1) is 18.2 Å². The van der Waals surface area contributed by atoms with Crippen molar-refractivity contribution < 1.29 is 6.85 Å². The van der Waals surface area contributed by atoms with E-state index in [0.717, 1.165) is 117 Å². The van der Waals surface area contributed by atoms with Crippen molar-refractivity contribution in [1.82, 2.24) is 0 Å². The summed E-state index contributed by atoms with van der Waals surface area (Å²) in [6, 6.07) is 93.4. The Morgan fingerprint density at radius 2 is 0.690 bits per heavy atom. The van der Waals surface area contributed by atoms with E-state index in [1.807, 2.05) is 6.07 Å². The van der Waals surface area contributed by atoms with E-state index >= 15 is 0 Å². The lowest BCUT2D eigenvalue weighted by Gasteiger charge is -2.46. The molecule has 490 valence electrons. The van der Waals surface area contributed by atoms with Crippen molar-refractivity contribution in [3.63, 3.8) is 0 Å². The smallest absolute Gasteiger partial charge is 0.252 e. The minimum Gasteiger partial charge on any atom is -0.310 e. The number of benzene rings is 13. The molecular weight excluding hydrogens is 1200 g/mol. The van der Waals surface area contributed by atoms with E-state index in [1.165, 1.54) is 44.5 Å². The molecule has 13 aromatic carbocycles. The van der Waals surface area contributed by atoms with Crippen molar-refractivity contribution >= 4 is 57.2 Å². The van der Waals surface area contributed by atoms with E-state index in [0.29, 0.717) is 5.56 Å². The molecule has 0 spiro atoms. The first-order valence-corrected chi connectivity index (χ1v) is 35.6. The molecule has 0 bridgehead atoms. The Hall–Kier alpha value is -10.5. The maximum Gasteiger partial charge on any atom is 0.252 e. The lowest BCUT2D eigenvalue weighted by molar-refractivity contribution is 0.569. The van der Waals surface area contributed by atoms with E-state index in [4.69, 9.17) is 1.37 Å². The Labute approximate surface area is 601 Å². The number of nitrogens with zero attached hydrogens (tertiary/aromatic N) is 2. The topological polar surface area (TPSA) is 6.48 Å². The highest BCUT2D eigenvalue weighted by Crippen LogP contribution is 2.58. The molecule has 16 rings (SSSR count). The first kappa shape index (κ1) is 58.5. The fourth-order valence-electron chi connectivity index (χ4n) is 16.0. The van der Waals surface area contributed by atoms with Crippen LogP contribution >= 0.6 is 0 Å². The third-order valence-corrected chi connectivity index (χ3v) is 21.5. The molecule has 0 radical (unpaired) electrons. The molecule has 100 heavy (non-hydrogen) atoms. The molecule has 2 aliphatic heterocycles. The molecule has 3 heteroatoms. The fraction of sp³-hybridized carbons (Fsp3) is 0.196. The monoisotopic (exact) mass is 1300 g/mol. The quantitative estimate of drug-likeness (QED) is 0.133. The second-order valence-electron chi connectivity index (χ2n) is 32.6. The zero-order chi connectivity index (χ0) is 73.7. The summed E-state index contributed by atoms with van der Waals surface area (Å²) in [5.74, 6) is 0. The molecule has 0 atom stereocenters. The van der Waals surface area contributed by atoms with Crippen LogP contribution in [0.5, 0.6) is 0 Å². The fourth-order valence-corrected chi connectivity index (χ4v) is 16.0. The van der Waals surface area contributed by atoms with Gasteiger partial charge < -0.3 is 9.80 Å². The molecular formula is C97H89BN2. The molecule has 0 saturated carbocycles. The van der Waals surface area contributed by atoms with Crippen molar-refractivity contribution in [2.45, 2.75) is 124 Å². The van der Waals surface area contributed by atoms with E-state index in [9.17, 15) is 5.48 Å². The predicted octanol–water partition coefficient (Wildman–Crippen LogP) is 24.9. The van der Waals surface area contributed by atoms with Gasteiger partial charge in [0.1, 0.15) is 0 Å². The molecule has 0 N–H and O–H groups in total. The van der Waals surface area contributed by atoms with E-state index < -0.39 is 12.8 Å². The van der Waals surface area contributed by atoms with Crippen molar-refractivity contribution in [3.8, 4) is 89.0 Å². The third-order valence-electron chi connectivity index (χ3n) is 21.5. The summed E-state index contributed by atoms with van der Waals surface area (Å²) in [6.45, 7) is 32.0. The van der Waals surface area contributed by atoms with Crippen LogP contribution in [-0.4, -0.2) is 6.71 Å². The van der Waals surface area contributed by atoms with Crippen LogP contribution in [0.3, 0.4) is 0 Å². The molecule has 13 aromatic rings. The van der Waals surface area contributed by atoms with Gasteiger partial charge >= 0.3 is 0 Å². The zero-order valence-electron chi connectivity index (χ0n) is 65.2. The molecule has 0 fully saturated rings. The normalized spacial score (nSPS) is 14.4. The molecule has 0 unspecified atom stereocenters. The number of hydrogen-bond acceptors (Lipinski definition) is 2. The lowest BCUT2D eigenvalue weighted by Crippen LogP contribution is -2.61. The highest BCUT2D eigenvalue weighted by Gasteiger charge is 2.47. The van der Waals surface area contributed by atoms with E-state index in [1.54, 1.807) is 0 Å². The van der Waals surface area contributed by atoms with Gasteiger partial charge in [-0.1, -0.05) is 333 Å². The number of hydrogen-bond donors (Lipinski definition) is 0. The van der Waals surface area contributed by atoms with Crippen LogP contribution in [0, 0.1) is 0 Å². The predicted molar refractivity (Wildman–Crippen MR) is 431 cm³/mol. The highest BCUT2D eigenvalue weighted by molar-refractivity contribution is 7.00. The van der Waals surface area contributed by atoms with Gasteiger partial charge in [-0.2, -0.15) is 0 Å². The Balaban J connectivity index is 1.15. The molecule has 3 aliphatic rings. The van der Waals surface area contributed by atoms with Crippen molar-refractivity contribution in [2.75, 3.05) is 9.80 Å². The average Bonchev–Trinajstić information content (AvgIpc) is 1.33. The minimum absolute atomic E-state index is 0.155. The van der Waals surface area contributed by atoms with Crippen LogP contribution in [0.1, 0.15) is 137 Å². The maximum atomic E-state index is 9.69. The van der Waals surface area contributed by atoms with Crippen molar-refractivity contribution in [3.05, 3.63) is 318 Å². The Morgan fingerprint density at radius 3 is 1.17 bits per heavy atom. The average molecular weight is 1300 g/mol. The number of fused-ring (bicyclic) bond motifs is 7. The molecule has 0 aromatic heterocycles. The number of rotatable bonds is 9. The van der Waals surface area contributed by atoms with Gasteiger partial charge in [-0.25, -0.2) is 0 Å². The minimum atomic E-state index is -0.504. The van der Waals surface area contributed by atoms with Crippen LogP contribution < -0.4 is 26.2 Å². The van der Waals surface area contributed by atoms with Gasteiger partial charge in [0, 0.05) is 50.4 Å². The Kier molecular flexibility index (Phi) is 14.0. The van der Waals surface area contributed by atoms with Gasteiger partial charge in [-0.3, -0.25) is 0 Å². The SMILES string of the molecule is [2H]c1c([2H])c([2H])c(-c2ccc3c(c2)B2c4ccc(-c5cc(C(C)(C)C)cc(C(C)(C)C)c5)cc4N(c4c(-c5ccccc5)cc(C(C)(C)C)cc4-c4ccccc4)c4cc(-c5cccc6c5-c5ccccc5C6(C)C)cc(c42)N3c2c(-c3ccccc3)cc(C(C)(C)C)cc2-c2ccccc2)c([2H])c1[2H]. The summed E-state index contributed by atoms with van der Waals surface area (Å²) in [5, 5.41) is 0. The van der Waals surface area contributed by atoms with Gasteiger partial charge in [0.2, 0.25) is 0 Å². The third kappa shape index (κ3) is 11.0. The van der Waals surface area contributed by atoms with Gasteiger partial charge in [-0.05, 0) is 187 Å². The summed E-state index contributed by atoms with van der Waals surface area (Å²) in [5.41, 5.74) is 31.4. The Morgan fingerprint density at radius 1 is 0.290 bits per heavy atom. The maximum absolute atomic E-state index is 9.69.